The van der Waals surface area contributed by atoms with Crippen molar-refractivity contribution >= 4 is 34.2 Å². The van der Waals surface area contributed by atoms with E-state index in [2.05, 4.69) is 0 Å². The van der Waals surface area contributed by atoms with Crippen molar-refractivity contribution in [2.24, 2.45) is 0 Å². The number of hydrogen-bond acceptors (Lipinski definition) is 3. The molecule has 3 aromatic carbocycles. The summed E-state index contributed by atoms with van der Waals surface area (Å²) in [7, 11) is 0. The molecule has 4 rings (SSSR count). The quantitative estimate of drug-likeness (QED) is 0.377. The Bertz CT molecular complexity index is 1190. The number of halogens is 2. The smallest absolute Gasteiger partial charge is 0.235 e. The summed E-state index contributed by atoms with van der Waals surface area (Å²) in [6, 6.07) is 20.1. The van der Waals surface area contributed by atoms with Crippen molar-refractivity contribution in [3.63, 3.8) is 0 Å². The first kappa shape index (κ1) is 18.6. The van der Waals surface area contributed by atoms with Gasteiger partial charge in [-0.1, -0.05) is 71.2 Å². The molecule has 0 spiro atoms. The first-order chi connectivity index (χ1) is 13.5. The second-order valence-electron chi connectivity index (χ2n) is 6.44. The molecule has 4 aromatic rings. The Morgan fingerprint density at radius 3 is 2.36 bits per heavy atom. The summed E-state index contributed by atoms with van der Waals surface area (Å²) in [5.41, 5.74) is 2.62. The van der Waals surface area contributed by atoms with Crippen molar-refractivity contribution in [3.8, 4) is 17.1 Å². The average Bonchev–Trinajstić information content (AvgIpc) is 2.70. The highest BCUT2D eigenvalue weighted by Gasteiger charge is 2.19. The molecule has 0 bridgehead atoms. The zero-order chi connectivity index (χ0) is 19.7. The normalized spacial score (nSPS) is 11.0. The van der Waals surface area contributed by atoms with Gasteiger partial charge in [0, 0.05) is 21.2 Å². The molecule has 1 heterocycles. The summed E-state index contributed by atoms with van der Waals surface area (Å²) in [6.07, 6.45) is 0. The summed E-state index contributed by atoms with van der Waals surface area (Å²) in [6.45, 7) is 1.98. The second-order valence-corrected chi connectivity index (χ2v) is 7.26. The van der Waals surface area contributed by atoms with E-state index in [1.807, 2.05) is 43.3 Å². The van der Waals surface area contributed by atoms with Crippen LogP contribution < -0.4 is 10.2 Å². The minimum absolute atomic E-state index is 0.0560. The molecule has 0 N–H and O–H groups in total. The molecule has 140 valence electrons. The highest BCUT2D eigenvalue weighted by molar-refractivity contribution is 6.35. The summed E-state index contributed by atoms with van der Waals surface area (Å²) < 4.78 is 12.0. The van der Waals surface area contributed by atoms with Crippen LogP contribution in [-0.4, -0.2) is 0 Å². The van der Waals surface area contributed by atoms with Crippen LogP contribution in [0, 0.1) is 6.92 Å². The highest BCUT2D eigenvalue weighted by Crippen LogP contribution is 2.33. The van der Waals surface area contributed by atoms with E-state index in [0.29, 0.717) is 32.3 Å². The molecule has 0 atom stereocenters. The Hall–Kier alpha value is -2.75. The van der Waals surface area contributed by atoms with Crippen LogP contribution >= 0.6 is 23.2 Å². The number of fused-ring (bicyclic) bond motifs is 1. The molecule has 0 amide bonds. The van der Waals surface area contributed by atoms with Gasteiger partial charge in [-0.15, -0.1) is 0 Å². The van der Waals surface area contributed by atoms with Gasteiger partial charge in [0.1, 0.15) is 12.2 Å². The van der Waals surface area contributed by atoms with Crippen LogP contribution in [0.2, 0.25) is 10.0 Å². The van der Waals surface area contributed by atoms with E-state index in [1.54, 1.807) is 30.3 Å². The van der Waals surface area contributed by atoms with Crippen LogP contribution in [0.5, 0.6) is 5.75 Å². The number of hydrogen-bond donors (Lipinski definition) is 0. The van der Waals surface area contributed by atoms with E-state index >= 15 is 0 Å². The first-order valence-corrected chi connectivity index (χ1v) is 9.49. The van der Waals surface area contributed by atoms with Crippen LogP contribution in [0.15, 0.2) is 75.9 Å². The van der Waals surface area contributed by atoms with Gasteiger partial charge in [-0.3, -0.25) is 4.79 Å². The Morgan fingerprint density at radius 2 is 1.64 bits per heavy atom. The Kier molecular flexibility index (Phi) is 5.12. The third-order valence-corrected chi connectivity index (χ3v) is 5.17. The van der Waals surface area contributed by atoms with Gasteiger partial charge in [-0.05, 0) is 31.2 Å². The lowest BCUT2D eigenvalue weighted by molar-refractivity contribution is 0.298. The van der Waals surface area contributed by atoms with Gasteiger partial charge in [0.25, 0.3) is 0 Å². The summed E-state index contributed by atoms with van der Waals surface area (Å²) in [5.74, 6) is 0.519. The zero-order valence-electron chi connectivity index (χ0n) is 15.0. The van der Waals surface area contributed by atoms with Gasteiger partial charge in [0.15, 0.2) is 5.76 Å². The maximum atomic E-state index is 13.2. The van der Waals surface area contributed by atoms with Gasteiger partial charge in [0.2, 0.25) is 11.2 Å². The van der Waals surface area contributed by atoms with Crippen molar-refractivity contribution in [3.05, 3.63) is 98.1 Å². The lowest BCUT2D eigenvalue weighted by Crippen LogP contribution is -2.11. The monoisotopic (exact) mass is 410 g/mol. The molecule has 0 aliphatic heterocycles. The Balaban J connectivity index is 1.87. The molecule has 0 saturated heterocycles. The molecular weight excluding hydrogens is 395 g/mol. The fraction of sp³-hybridized carbons (Fsp3) is 0.0870. The molecule has 0 radical (unpaired) electrons. The van der Waals surface area contributed by atoms with Gasteiger partial charge >= 0.3 is 0 Å². The van der Waals surface area contributed by atoms with E-state index in [9.17, 15) is 4.79 Å². The first-order valence-electron chi connectivity index (χ1n) is 8.73. The molecule has 0 aliphatic carbocycles. The number of ether oxygens (including phenoxy) is 1. The van der Waals surface area contributed by atoms with Crippen LogP contribution in [0.4, 0.5) is 0 Å². The molecule has 0 unspecified atom stereocenters. The standard InChI is InChI=1S/C23H16Cl2O3/c1-14-10-11-20-16(12-14)21(26)23(22(28-20)15-6-3-2-4-7-15)27-13-17-18(24)8-5-9-19(17)25/h2-12H,13H2,1H3. The third kappa shape index (κ3) is 3.51. The molecule has 0 saturated carbocycles. The van der Waals surface area contributed by atoms with Crippen molar-refractivity contribution in [1.82, 2.24) is 0 Å². The van der Waals surface area contributed by atoms with Crippen LogP contribution in [0.1, 0.15) is 11.1 Å². The van der Waals surface area contributed by atoms with Crippen molar-refractivity contribution in [1.29, 1.82) is 0 Å². The fourth-order valence-corrected chi connectivity index (χ4v) is 3.52. The third-order valence-electron chi connectivity index (χ3n) is 4.46. The Morgan fingerprint density at radius 1 is 0.929 bits per heavy atom. The Labute approximate surface area is 172 Å². The summed E-state index contributed by atoms with van der Waals surface area (Å²) >= 11 is 12.5. The lowest BCUT2D eigenvalue weighted by Gasteiger charge is -2.13. The van der Waals surface area contributed by atoms with E-state index in [4.69, 9.17) is 32.4 Å². The topological polar surface area (TPSA) is 39.4 Å². The zero-order valence-corrected chi connectivity index (χ0v) is 16.6. The number of rotatable bonds is 4. The molecule has 5 heteroatoms. The van der Waals surface area contributed by atoms with Gasteiger partial charge in [0.05, 0.1) is 5.39 Å². The van der Waals surface area contributed by atoms with Gasteiger partial charge in [-0.2, -0.15) is 0 Å². The van der Waals surface area contributed by atoms with E-state index in [-0.39, 0.29) is 17.8 Å². The maximum Gasteiger partial charge on any atom is 0.235 e. The molecule has 1 aromatic heterocycles. The minimum Gasteiger partial charge on any atom is -0.481 e. The van der Waals surface area contributed by atoms with Crippen LogP contribution in [-0.2, 0) is 6.61 Å². The maximum absolute atomic E-state index is 13.2. The largest absolute Gasteiger partial charge is 0.481 e. The summed E-state index contributed by atoms with van der Waals surface area (Å²) in [4.78, 5) is 13.2. The highest BCUT2D eigenvalue weighted by atomic mass is 35.5. The van der Waals surface area contributed by atoms with E-state index in [1.165, 1.54) is 0 Å². The number of benzene rings is 3. The van der Waals surface area contributed by atoms with Gasteiger partial charge in [-0.25, -0.2) is 0 Å². The van der Waals surface area contributed by atoms with Gasteiger partial charge < -0.3 is 9.15 Å². The molecule has 0 fully saturated rings. The van der Waals surface area contributed by atoms with E-state index < -0.39 is 0 Å². The SMILES string of the molecule is Cc1ccc2oc(-c3ccccc3)c(OCc3c(Cl)cccc3Cl)c(=O)c2c1. The predicted molar refractivity (Wildman–Crippen MR) is 113 cm³/mol. The number of aryl methyl sites for hydroxylation is 1. The van der Waals surface area contributed by atoms with Crippen molar-refractivity contribution in [2.45, 2.75) is 13.5 Å². The predicted octanol–water partition coefficient (Wildman–Crippen LogP) is 6.65. The van der Waals surface area contributed by atoms with Crippen LogP contribution in [0.25, 0.3) is 22.3 Å². The molecule has 28 heavy (non-hydrogen) atoms. The average molecular weight is 411 g/mol. The van der Waals surface area contributed by atoms with Crippen molar-refractivity contribution < 1.29 is 9.15 Å². The van der Waals surface area contributed by atoms with Crippen LogP contribution in [0.3, 0.4) is 0 Å². The molecule has 0 aliphatic rings. The fourth-order valence-electron chi connectivity index (χ4n) is 3.02. The molecule has 3 nitrogen and oxygen atoms in total. The molecular formula is C23H16Cl2O3. The minimum atomic E-state index is -0.230. The summed E-state index contributed by atoms with van der Waals surface area (Å²) in [5, 5.41) is 1.43. The second kappa shape index (κ2) is 7.70. The lowest BCUT2D eigenvalue weighted by atomic mass is 10.1. The van der Waals surface area contributed by atoms with E-state index in [0.717, 1.165) is 11.1 Å². The van der Waals surface area contributed by atoms with Crippen molar-refractivity contribution in [2.75, 3.05) is 0 Å².